The van der Waals surface area contributed by atoms with E-state index in [-0.39, 0.29) is 45.0 Å². The molecule has 0 saturated carbocycles. The molecule has 2 amide bonds. The highest BCUT2D eigenvalue weighted by atomic mass is 19.4. The molecule has 0 bridgehead atoms. The molecule has 4 rings (SSSR count). The van der Waals surface area contributed by atoms with Crippen LogP contribution >= 0.6 is 0 Å². The molecule has 1 N–H and O–H groups in total. The Balaban J connectivity index is 1.55. The maximum absolute atomic E-state index is 13.8. The molecule has 1 spiro atoms. The standard InChI is InChI=1S/C26H27F4N3O4/c1-2-37-22(34)16-33-24(36)21(14-17-6-4-3-5-7-17)31-25(33)10-12-32(13-11-25)23(35)19-15-18(27)8-9-20(19)26(28,29)30/h3-9,15,21,31H,2,10-14,16H2,1H3. The summed E-state index contributed by atoms with van der Waals surface area (Å²) < 4.78 is 59.2. The number of halogens is 4. The largest absolute Gasteiger partial charge is 0.465 e. The van der Waals surface area contributed by atoms with Crippen LogP contribution in [-0.4, -0.2) is 65.5 Å². The van der Waals surface area contributed by atoms with Crippen LogP contribution in [0.2, 0.25) is 0 Å². The topological polar surface area (TPSA) is 79.0 Å². The molecule has 37 heavy (non-hydrogen) atoms. The summed E-state index contributed by atoms with van der Waals surface area (Å²) in [7, 11) is 0. The normalized spacial score (nSPS) is 19.4. The van der Waals surface area contributed by atoms with E-state index in [0.717, 1.165) is 5.56 Å². The first-order valence-electron chi connectivity index (χ1n) is 12.0. The highest BCUT2D eigenvalue weighted by molar-refractivity contribution is 5.96. The summed E-state index contributed by atoms with van der Waals surface area (Å²) in [4.78, 5) is 41.3. The highest BCUT2D eigenvalue weighted by Gasteiger charge is 2.52. The van der Waals surface area contributed by atoms with E-state index < -0.39 is 46.7 Å². The first kappa shape index (κ1) is 26.6. The van der Waals surface area contributed by atoms with Crippen LogP contribution in [0.4, 0.5) is 17.6 Å². The molecule has 0 aliphatic carbocycles. The Hall–Kier alpha value is -3.47. The van der Waals surface area contributed by atoms with Gasteiger partial charge in [-0.25, -0.2) is 4.39 Å². The first-order chi connectivity index (χ1) is 17.5. The van der Waals surface area contributed by atoms with Gasteiger partial charge in [-0.3, -0.25) is 19.7 Å². The zero-order chi connectivity index (χ0) is 26.8. The number of amides is 2. The number of carbonyl (C=O) groups excluding carboxylic acids is 3. The van der Waals surface area contributed by atoms with Gasteiger partial charge in [0.25, 0.3) is 5.91 Å². The van der Waals surface area contributed by atoms with Crippen molar-refractivity contribution >= 4 is 17.8 Å². The summed E-state index contributed by atoms with van der Waals surface area (Å²) in [5.74, 6) is -2.76. The summed E-state index contributed by atoms with van der Waals surface area (Å²) in [6.07, 6.45) is -4.10. The van der Waals surface area contributed by atoms with Crippen molar-refractivity contribution in [2.45, 2.75) is 44.1 Å². The molecule has 2 fully saturated rings. The van der Waals surface area contributed by atoms with E-state index in [4.69, 9.17) is 4.74 Å². The average molecular weight is 522 g/mol. The molecule has 2 aromatic rings. The number of hydrogen-bond donors (Lipinski definition) is 1. The first-order valence-corrected chi connectivity index (χ1v) is 12.0. The molecule has 2 aliphatic heterocycles. The summed E-state index contributed by atoms with van der Waals surface area (Å²) >= 11 is 0. The lowest BCUT2D eigenvalue weighted by Crippen LogP contribution is -2.60. The van der Waals surface area contributed by atoms with E-state index >= 15 is 0 Å². The van der Waals surface area contributed by atoms with Gasteiger partial charge >= 0.3 is 12.1 Å². The molecule has 0 aromatic heterocycles. The number of alkyl halides is 3. The van der Waals surface area contributed by atoms with Crippen molar-refractivity contribution in [3.8, 4) is 0 Å². The third-order valence-electron chi connectivity index (χ3n) is 6.79. The van der Waals surface area contributed by atoms with Gasteiger partial charge in [-0.1, -0.05) is 30.3 Å². The molecule has 11 heteroatoms. The Labute approximate surface area is 211 Å². The van der Waals surface area contributed by atoms with E-state index in [1.165, 1.54) is 9.80 Å². The van der Waals surface area contributed by atoms with E-state index in [9.17, 15) is 31.9 Å². The maximum atomic E-state index is 13.8. The molecule has 2 aliphatic rings. The molecule has 198 valence electrons. The van der Waals surface area contributed by atoms with Gasteiger partial charge in [0.05, 0.1) is 29.4 Å². The predicted octanol–water partition coefficient (Wildman–Crippen LogP) is 3.38. The SMILES string of the molecule is CCOC(=O)CN1C(=O)C(Cc2ccccc2)NC12CCN(C(=O)c1cc(F)ccc1C(F)(F)F)CC2. The van der Waals surface area contributed by atoms with Gasteiger partial charge < -0.3 is 14.5 Å². The number of rotatable bonds is 6. The average Bonchev–Trinajstić information content (AvgIpc) is 3.09. The molecule has 2 saturated heterocycles. The summed E-state index contributed by atoms with van der Waals surface area (Å²) in [6.45, 7) is 1.52. The maximum Gasteiger partial charge on any atom is 0.417 e. The number of nitrogens with zero attached hydrogens (tertiary/aromatic N) is 2. The zero-order valence-electron chi connectivity index (χ0n) is 20.2. The van der Waals surface area contributed by atoms with Gasteiger partial charge in [-0.05, 0) is 37.1 Å². The van der Waals surface area contributed by atoms with Crippen molar-refractivity contribution in [1.29, 1.82) is 0 Å². The van der Waals surface area contributed by atoms with Crippen molar-refractivity contribution in [2.75, 3.05) is 26.2 Å². The smallest absolute Gasteiger partial charge is 0.417 e. The van der Waals surface area contributed by atoms with Crippen molar-refractivity contribution in [2.24, 2.45) is 0 Å². The van der Waals surface area contributed by atoms with E-state index in [2.05, 4.69) is 5.32 Å². The fourth-order valence-electron chi connectivity index (χ4n) is 5.02. The molecule has 1 atom stereocenters. The Bertz CT molecular complexity index is 1160. The number of benzene rings is 2. The molecule has 2 heterocycles. The third-order valence-corrected chi connectivity index (χ3v) is 6.79. The molecular formula is C26H27F4N3O4. The van der Waals surface area contributed by atoms with Crippen molar-refractivity contribution in [1.82, 2.24) is 15.1 Å². The Kier molecular flexibility index (Phi) is 7.54. The zero-order valence-corrected chi connectivity index (χ0v) is 20.2. The lowest BCUT2D eigenvalue weighted by Gasteiger charge is -2.44. The lowest BCUT2D eigenvalue weighted by molar-refractivity contribution is -0.151. The highest BCUT2D eigenvalue weighted by Crippen LogP contribution is 2.36. The predicted molar refractivity (Wildman–Crippen MR) is 125 cm³/mol. The van der Waals surface area contributed by atoms with Crippen LogP contribution in [0, 0.1) is 5.82 Å². The monoisotopic (exact) mass is 521 g/mol. The summed E-state index contributed by atoms with van der Waals surface area (Å²) in [6, 6.07) is 10.5. The minimum atomic E-state index is -4.82. The van der Waals surface area contributed by atoms with Gasteiger partial charge in [-0.2, -0.15) is 13.2 Å². The van der Waals surface area contributed by atoms with Gasteiger partial charge in [0.2, 0.25) is 5.91 Å². The van der Waals surface area contributed by atoms with Gasteiger partial charge in [0, 0.05) is 25.9 Å². The molecule has 1 unspecified atom stereocenters. The van der Waals surface area contributed by atoms with Crippen molar-refractivity contribution < 1.29 is 36.7 Å². The fourth-order valence-corrected chi connectivity index (χ4v) is 5.02. The van der Waals surface area contributed by atoms with Crippen LogP contribution in [0.5, 0.6) is 0 Å². The number of likely N-dealkylation sites (tertiary alicyclic amines) is 1. The number of esters is 1. The Morgan fingerprint density at radius 1 is 1.11 bits per heavy atom. The Morgan fingerprint density at radius 2 is 1.78 bits per heavy atom. The number of nitrogens with one attached hydrogen (secondary N) is 1. The second-order valence-electron chi connectivity index (χ2n) is 9.13. The molecular weight excluding hydrogens is 494 g/mol. The fraction of sp³-hybridized carbons (Fsp3) is 0.423. The summed E-state index contributed by atoms with van der Waals surface area (Å²) in [5, 5.41) is 3.34. The summed E-state index contributed by atoms with van der Waals surface area (Å²) in [5.41, 5.74) is -2.03. The number of hydrogen-bond acceptors (Lipinski definition) is 5. The quantitative estimate of drug-likeness (QED) is 0.466. The number of ether oxygens (including phenoxy) is 1. The van der Waals surface area contributed by atoms with Crippen LogP contribution in [0.3, 0.4) is 0 Å². The number of piperidine rings is 1. The van der Waals surface area contributed by atoms with Crippen LogP contribution in [0.1, 0.15) is 41.3 Å². The van der Waals surface area contributed by atoms with Gasteiger partial charge in [0.1, 0.15) is 12.4 Å². The van der Waals surface area contributed by atoms with Crippen LogP contribution in [0.25, 0.3) is 0 Å². The van der Waals surface area contributed by atoms with E-state index in [1.807, 2.05) is 30.3 Å². The van der Waals surface area contributed by atoms with Crippen molar-refractivity contribution in [3.05, 3.63) is 71.0 Å². The van der Waals surface area contributed by atoms with Crippen LogP contribution in [0.15, 0.2) is 48.5 Å². The van der Waals surface area contributed by atoms with E-state index in [1.54, 1.807) is 6.92 Å². The lowest BCUT2D eigenvalue weighted by atomic mass is 9.94. The molecule has 7 nitrogen and oxygen atoms in total. The van der Waals surface area contributed by atoms with E-state index in [0.29, 0.717) is 24.6 Å². The molecule has 2 aromatic carbocycles. The third kappa shape index (κ3) is 5.61. The van der Waals surface area contributed by atoms with Crippen molar-refractivity contribution in [3.63, 3.8) is 0 Å². The second kappa shape index (κ2) is 10.5. The minimum absolute atomic E-state index is 0.00427. The van der Waals surface area contributed by atoms with Crippen LogP contribution in [-0.2, 0) is 26.9 Å². The number of carbonyl (C=O) groups is 3. The molecule has 0 radical (unpaired) electrons. The minimum Gasteiger partial charge on any atom is -0.465 e. The Morgan fingerprint density at radius 3 is 2.41 bits per heavy atom. The second-order valence-corrected chi connectivity index (χ2v) is 9.13. The van der Waals surface area contributed by atoms with Gasteiger partial charge in [0.15, 0.2) is 0 Å². The van der Waals surface area contributed by atoms with Crippen LogP contribution < -0.4 is 5.32 Å². The van der Waals surface area contributed by atoms with Gasteiger partial charge in [-0.15, -0.1) is 0 Å².